The summed E-state index contributed by atoms with van der Waals surface area (Å²) in [5.41, 5.74) is 0.712. The Hall–Kier alpha value is -2.68. The van der Waals surface area contributed by atoms with Gasteiger partial charge in [-0.25, -0.2) is 4.68 Å². The number of rotatable bonds is 3. The number of nitrogens with one attached hydrogen (secondary N) is 1. The van der Waals surface area contributed by atoms with Crippen molar-refractivity contribution in [3.05, 3.63) is 41.7 Å². The molecule has 0 aliphatic heterocycles. The SMILES string of the molecule is CC(C)(C)c1nnnn1CC(=O)NCC#Cc1ccccc1. The monoisotopic (exact) mass is 297 g/mol. The number of carbonyl (C=O) groups is 1. The predicted octanol–water partition coefficient (Wildman–Crippen LogP) is 1.14. The van der Waals surface area contributed by atoms with Crippen LogP contribution >= 0.6 is 0 Å². The molecule has 0 saturated heterocycles. The van der Waals surface area contributed by atoms with Crippen LogP contribution in [0.1, 0.15) is 32.2 Å². The second-order valence-electron chi connectivity index (χ2n) is 5.85. The fourth-order valence-electron chi connectivity index (χ4n) is 1.85. The van der Waals surface area contributed by atoms with Crippen LogP contribution in [0.5, 0.6) is 0 Å². The zero-order valence-corrected chi connectivity index (χ0v) is 13.0. The van der Waals surface area contributed by atoms with Gasteiger partial charge in [0.2, 0.25) is 5.91 Å². The van der Waals surface area contributed by atoms with Crippen LogP contribution in [0.25, 0.3) is 0 Å². The number of tetrazole rings is 1. The third kappa shape index (κ3) is 4.42. The lowest BCUT2D eigenvalue weighted by Gasteiger charge is -2.16. The van der Waals surface area contributed by atoms with E-state index < -0.39 is 0 Å². The normalized spacial score (nSPS) is 10.7. The van der Waals surface area contributed by atoms with E-state index in [1.165, 1.54) is 4.68 Å². The second kappa shape index (κ2) is 6.85. The Morgan fingerprint density at radius 1 is 1.27 bits per heavy atom. The first kappa shape index (κ1) is 15.7. The molecule has 1 aromatic heterocycles. The summed E-state index contributed by atoms with van der Waals surface area (Å²) in [5.74, 6) is 6.41. The smallest absolute Gasteiger partial charge is 0.242 e. The van der Waals surface area contributed by atoms with Gasteiger partial charge in [0.05, 0.1) is 6.54 Å². The molecule has 0 bridgehead atoms. The fraction of sp³-hybridized carbons (Fsp3) is 0.375. The summed E-state index contributed by atoms with van der Waals surface area (Å²) in [6, 6.07) is 9.63. The molecule has 0 radical (unpaired) electrons. The van der Waals surface area contributed by atoms with Gasteiger partial charge < -0.3 is 5.32 Å². The summed E-state index contributed by atoms with van der Waals surface area (Å²) in [6.07, 6.45) is 0. The molecule has 2 aromatic rings. The Labute approximate surface area is 129 Å². The van der Waals surface area contributed by atoms with Gasteiger partial charge in [-0.05, 0) is 22.6 Å². The maximum absolute atomic E-state index is 11.9. The van der Waals surface area contributed by atoms with Gasteiger partial charge >= 0.3 is 0 Å². The van der Waals surface area contributed by atoms with Crippen LogP contribution in [0.15, 0.2) is 30.3 Å². The summed E-state index contributed by atoms with van der Waals surface area (Å²) >= 11 is 0. The minimum atomic E-state index is -0.211. The molecular weight excluding hydrogens is 278 g/mol. The highest BCUT2D eigenvalue weighted by atomic mass is 16.2. The van der Waals surface area contributed by atoms with E-state index in [0.717, 1.165) is 5.56 Å². The number of hydrogen-bond acceptors (Lipinski definition) is 4. The number of benzene rings is 1. The quantitative estimate of drug-likeness (QED) is 0.862. The van der Waals surface area contributed by atoms with Crippen molar-refractivity contribution >= 4 is 5.91 Å². The first-order valence-electron chi connectivity index (χ1n) is 7.04. The number of aromatic nitrogens is 4. The van der Waals surface area contributed by atoms with Crippen molar-refractivity contribution in [2.75, 3.05) is 6.54 Å². The first-order valence-corrected chi connectivity index (χ1v) is 7.04. The Kier molecular flexibility index (Phi) is 4.89. The highest BCUT2D eigenvalue weighted by Crippen LogP contribution is 2.18. The average molecular weight is 297 g/mol. The van der Waals surface area contributed by atoms with Crippen molar-refractivity contribution < 1.29 is 4.79 Å². The molecule has 1 heterocycles. The first-order chi connectivity index (χ1) is 10.5. The molecule has 114 valence electrons. The van der Waals surface area contributed by atoms with Crippen molar-refractivity contribution in [2.45, 2.75) is 32.7 Å². The van der Waals surface area contributed by atoms with Gasteiger partial charge in [-0.1, -0.05) is 50.8 Å². The van der Waals surface area contributed by atoms with Crippen LogP contribution < -0.4 is 5.32 Å². The molecule has 0 saturated carbocycles. The van der Waals surface area contributed by atoms with Crippen molar-refractivity contribution in [2.24, 2.45) is 0 Å². The zero-order chi connectivity index (χ0) is 16.0. The molecule has 0 fully saturated rings. The summed E-state index contributed by atoms with van der Waals surface area (Å²) in [7, 11) is 0. The number of hydrogen-bond donors (Lipinski definition) is 1. The lowest BCUT2D eigenvalue weighted by atomic mass is 9.96. The van der Waals surface area contributed by atoms with Gasteiger partial charge in [0.15, 0.2) is 5.82 Å². The molecular formula is C16H19N5O. The van der Waals surface area contributed by atoms with Crippen LogP contribution in [-0.2, 0) is 16.8 Å². The van der Waals surface area contributed by atoms with E-state index in [2.05, 4.69) is 32.7 Å². The third-order valence-corrected chi connectivity index (χ3v) is 2.88. The van der Waals surface area contributed by atoms with Gasteiger partial charge in [-0.2, -0.15) is 0 Å². The molecule has 0 atom stereocenters. The molecule has 0 spiro atoms. The fourth-order valence-corrected chi connectivity index (χ4v) is 1.85. The Morgan fingerprint density at radius 2 is 2.00 bits per heavy atom. The second-order valence-corrected chi connectivity index (χ2v) is 5.85. The molecule has 22 heavy (non-hydrogen) atoms. The molecule has 0 aliphatic rings. The van der Waals surface area contributed by atoms with Gasteiger partial charge in [0, 0.05) is 11.0 Å². The third-order valence-electron chi connectivity index (χ3n) is 2.88. The lowest BCUT2D eigenvalue weighted by Crippen LogP contribution is -2.31. The maximum atomic E-state index is 11.9. The van der Waals surface area contributed by atoms with E-state index in [4.69, 9.17) is 0 Å². The molecule has 1 amide bonds. The number of carbonyl (C=O) groups excluding carboxylic acids is 1. The van der Waals surface area contributed by atoms with Gasteiger partial charge in [0.1, 0.15) is 6.54 Å². The summed E-state index contributed by atoms with van der Waals surface area (Å²) in [6.45, 7) is 6.38. The lowest BCUT2D eigenvalue weighted by molar-refractivity contribution is -0.121. The standard InChI is InChI=1S/C16H19N5O/c1-16(2,3)15-18-19-20-21(15)12-14(22)17-11-7-10-13-8-5-4-6-9-13/h4-6,8-9H,11-12H2,1-3H3,(H,17,22). The number of amides is 1. The van der Waals surface area contributed by atoms with Crippen molar-refractivity contribution in [1.29, 1.82) is 0 Å². The van der Waals surface area contributed by atoms with Crippen LogP contribution in [0.4, 0.5) is 0 Å². The van der Waals surface area contributed by atoms with E-state index in [-0.39, 0.29) is 17.9 Å². The predicted molar refractivity (Wildman–Crippen MR) is 82.8 cm³/mol. The van der Waals surface area contributed by atoms with E-state index >= 15 is 0 Å². The number of nitrogens with zero attached hydrogens (tertiary/aromatic N) is 4. The Morgan fingerprint density at radius 3 is 2.68 bits per heavy atom. The van der Waals surface area contributed by atoms with Crippen molar-refractivity contribution in [1.82, 2.24) is 25.5 Å². The van der Waals surface area contributed by atoms with Crippen molar-refractivity contribution in [3.63, 3.8) is 0 Å². The van der Waals surface area contributed by atoms with Gasteiger partial charge in [0.25, 0.3) is 0 Å². The highest BCUT2D eigenvalue weighted by Gasteiger charge is 2.22. The zero-order valence-electron chi connectivity index (χ0n) is 13.0. The van der Waals surface area contributed by atoms with Crippen molar-refractivity contribution in [3.8, 4) is 11.8 Å². The van der Waals surface area contributed by atoms with Crippen LogP contribution in [0, 0.1) is 11.8 Å². The van der Waals surface area contributed by atoms with E-state index in [1.54, 1.807) is 0 Å². The van der Waals surface area contributed by atoms with Crippen LogP contribution in [0.3, 0.4) is 0 Å². The van der Waals surface area contributed by atoms with E-state index in [9.17, 15) is 4.79 Å². The van der Waals surface area contributed by atoms with E-state index in [0.29, 0.717) is 12.4 Å². The molecule has 6 nitrogen and oxygen atoms in total. The molecule has 2 rings (SSSR count). The summed E-state index contributed by atoms with van der Waals surface area (Å²) in [4.78, 5) is 11.9. The molecule has 1 N–H and O–H groups in total. The Bertz CT molecular complexity index is 689. The molecule has 0 aliphatic carbocycles. The summed E-state index contributed by atoms with van der Waals surface area (Å²) in [5, 5.41) is 14.2. The average Bonchev–Trinajstić information content (AvgIpc) is 2.93. The maximum Gasteiger partial charge on any atom is 0.242 e. The van der Waals surface area contributed by atoms with Gasteiger partial charge in [-0.3, -0.25) is 4.79 Å². The summed E-state index contributed by atoms with van der Waals surface area (Å²) < 4.78 is 1.51. The minimum absolute atomic E-state index is 0.0899. The highest BCUT2D eigenvalue weighted by molar-refractivity contribution is 5.75. The minimum Gasteiger partial charge on any atom is -0.344 e. The van der Waals surface area contributed by atoms with E-state index in [1.807, 2.05) is 51.1 Å². The Balaban J connectivity index is 1.87. The van der Waals surface area contributed by atoms with Crippen LogP contribution in [-0.4, -0.2) is 32.7 Å². The topological polar surface area (TPSA) is 72.7 Å². The van der Waals surface area contributed by atoms with Crippen LogP contribution in [0.2, 0.25) is 0 Å². The molecule has 1 aromatic carbocycles. The largest absolute Gasteiger partial charge is 0.344 e. The van der Waals surface area contributed by atoms with Gasteiger partial charge in [-0.15, -0.1) is 5.10 Å². The molecule has 6 heteroatoms. The molecule has 0 unspecified atom stereocenters.